The number of nitrogens with one attached hydrogen (secondary N) is 1. The highest BCUT2D eigenvalue weighted by molar-refractivity contribution is 5.42. The van der Waals surface area contributed by atoms with E-state index in [2.05, 4.69) is 25.2 Å². The van der Waals surface area contributed by atoms with Crippen LogP contribution in [0.4, 0.5) is 0 Å². The van der Waals surface area contributed by atoms with Gasteiger partial charge in [-0.15, -0.1) is 0 Å². The van der Waals surface area contributed by atoms with Crippen molar-refractivity contribution in [3.05, 3.63) is 23.8 Å². The lowest BCUT2D eigenvalue weighted by Gasteiger charge is -2.15. The third kappa shape index (κ3) is 5.80. The summed E-state index contributed by atoms with van der Waals surface area (Å²) >= 11 is 0. The van der Waals surface area contributed by atoms with E-state index in [-0.39, 0.29) is 6.04 Å². The van der Waals surface area contributed by atoms with Gasteiger partial charge in [0.25, 0.3) is 0 Å². The van der Waals surface area contributed by atoms with Crippen LogP contribution in [0.15, 0.2) is 18.2 Å². The van der Waals surface area contributed by atoms with E-state index < -0.39 is 0 Å². The lowest BCUT2D eigenvalue weighted by molar-refractivity contribution is 0.354. The zero-order chi connectivity index (χ0) is 15.0. The molecule has 0 heterocycles. The van der Waals surface area contributed by atoms with Crippen LogP contribution < -0.4 is 20.5 Å². The summed E-state index contributed by atoms with van der Waals surface area (Å²) in [6.07, 6.45) is 2.01. The molecule has 1 aromatic rings. The van der Waals surface area contributed by atoms with Crippen LogP contribution in [0.5, 0.6) is 11.5 Å². The number of rotatable bonds is 9. The molecular formula is C16H28N2O2. The fourth-order valence-corrected chi connectivity index (χ4v) is 2.25. The Kier molecular flexibility index (Phi) is 7.41. The van der Waals surface area contributed by atoms with Crippen molar-refractivity contribution >= 4 is 0 Å². The maximum absolute atomic E-state index is 6.04. The van der Waals surface area contributed by atoms with Gasteiger partial charge >= 0.3 is 0 Å². The molecule has 0 spiro atoms. The van der Waals surface area contributed by atoms with Crippen molar-refractivity contribution in [1.29, 1.82) is 0 Å². The highest BCUT2D eigenvalue weighted by Crippen LogP contribution is 2.27. The molecule has 4 nitrogen and oxygen atoms in total. The fourth-order valence-electron chi connectivity index (χ4n) is 2.25. The topological polar surface area (TPSA) is 56.5 Å². The fraction of sp³-hybridized carbons (Fsp3) is 0.625. The van der Waals surface area contributed by atoms with Crippen molar-refractivity contribution in [2.45, 2.75) is 32.7 Å². The maximum atomic E-state index is 6.04. The van der Waals surface area contributed by atoms with E-state index in [1.54, 1.807) is 14.2 Å². The number of hydrogen-bond acceptors (Lipinski definition) is 4. The van der Waals surface area contributed by atoms with E-state index in [0.29, 0.717) is 5.92 Å². The number of hydrogen-bond donors (Lipinski definition) is 2. The average Bonchev–Trinajstić information content (AvgIpc) is 2.42. The molecule has 0 saturated carbocycles. The Labute approximate surface area is 122 Å². The van der Waals surface area contributed by atoms with Crippen molar-refractivity contribution in [3.63, 3.8) is 0 Å². The van der Waals surface area contributed by atoms with Crippen LogP contribution in [-0.4, -0.2) is 33.4 Å². The third-order valence-electron chi connectivity index (χ3n) is 3.22. The molecule has 0 saturated heterocycles. The Balaban J connectivity index is 2.35. The van der Waals surface area contributed by atoms with E-state index in [4.69, 9.17) is 15.2 Å². The van der Waals surface area contributed by atoms with Crippen LogP contribution in [-0.2, 0) is 6.42 Å². The van der Waals surface area contributed by atoms with Gasteiger partial charge < -0.3 is 20.5 Å². The molecule has 0 aliphatic carbocycles. The second-order valence-corrected chi connectivity index (χ2v) is 5.53. The van der Waals surface area contributed by atoms with Gasteiger partial charge in [-0.25, -0.2) is 0 Å². The first-order chi connectivity index (χ1) is 9.56. The van der Waals surface area contributed by atoms with E-state index in [1.807, 2.05) is 12.1 Å². The molecule has 0 radical (unpaired) electrons. The Bertz CT molecular complexity index is 394. The molecule has 0 fully saturated rings. The molecule has 0 aliphatic heterocycles. The summed E-state index contributed by atoms with van der Waals surface area (Å²) in [4.78, 5) is 0. The molecule has 4 heteroatoms. The predicted molar refractivity (Wildman–Crippen MR) is 83.6 cm³/mol. The van der Waals surface area contributed by atoms with Gasteiger partial charge in [0.2, 0.25) is 0 Å². The van der Waals surface area contributed by atoms with Crippen LogP contribution in [0.3, 0.4) is 0 Å². The second-order valence-electron chi connectivity index (χ2n) is 5.53. The van der Waals surface area contributed by atoms with E-state index in [0.717, 1.165) is 37.4 Å². The Hall–Kier alpha value is -1.26. The molecule has 0 aromatic heterocycles. The zero-order valence-corrected chi connectivity index (χ0v) is 13.1. The van der Waals surface area contributed by atoms with Gasteiger partial charge in [0.15, 0.2) is 11.5 Å². The molecule has 0 bridgehead atoms. The molecule has 1 rings (SSSR count). The normalized spacial score (nSPS) is 12.5. The standard InChI is InChI=1S/C16H28N2O2/c1-12(2)9-14(17)11-18-8-7-13-5-6-15(19-3)16(10-13)20-4/h5-6,10,12,14,18H,7-9,11,17H2,1-4H3. The molecular weight excluding hydrogens is 252 g/mol. The van der Waals surface area contributed by atoms with Crippen LogP contribution in [0, 0.1) is 5.92 Å². The summed E-state index contributed by atoms with van der Waals surface area (Å²) in [6.45, 7) is 6.18. The number of nitrogens with two attached hydrogens (primary N) is 1. The van der Waals surface area contributed by atoms with Gasteiger partial charge in [0.05, 0.1) is 14.2 Å². The molecule has 20 heavy (non-hydrogen) atoms. The van der Waals surface area contributed by atoms with Gasteiger partial charge in [-0.3, -0.25) is 0 Å². The smallest absolute Gasteiger partial charge is 0.160 e. The van der Waals surface area contributed by atoms with Crippen molar-refractivity contribution in [2.24, 2.45) is 11.7 Å². The summed E-state index contributed by atoms with van der Waals surface area (Å²) in [5.41, 5.74) is 7.27. The summed E-state index contributed by atoms with van der Waals surface area (Å²) in [5, 5.41) is 3.41. The van der Waals surface area contributed by atoms with Crippen LogP contribution in [0.1, 0.15) is 25.8 Å². The largest absolute Gasteiger partial charge is 0.493 e. The van der Waals surface area contributed by atoms with Gasteiger partial charge in [-0.05, 0) is 43.0 Å². The zero-order valence-electron chi connectivity index (χ0n) is 13.1. The van der Waals surface area contributed by atoms with E-state index >= 15 is 0 Å². The molecule has 3 N–H and O–H groups in total. The predicted octanol–water partition coefficient (Wildman–Crippen LogP) is 2.21. The first-order valence-corrected chi connectivity index (χ1v) is 7.24. The van der Waals surface area contributed by atoms with E-state index in [1.165, 1.54) is 5.56 Å². The van der Waals surface area contributed by atoms with Gasteiger partial charge in [0.1, 0.15) is 0 Å². The number of methoxy groups -OCH3 is 2. The van der Waals surface area contributed by atoms with Crippen LogP contribution in [0.25, 0.3) is 0 Å². The van der Waals surface area contributed by atoms with Crippen molar-refractivity contribution in [3.8, 4) is 11.5 Å². The molecule has 0 aliphatic rings. The SMILES string of the molecule is COc1ccc(CCNCC(N)CC(C)C)cc1OC. The van der Waals surface area contributed by atoms with Gasteiger partial charge in [-0.1, -0.05) is 19.9 Å². The Morgan fingerprint density at radius 2 is 1.85 bits per heavy atom. The maximum Gasteiger partial charge on any atom is 0.160 e. The minimum absolute atomic E-state index is 0.236. The monoisotopic (exact) mass is 280 g/mol. The first-order valence-electron chi connectivity index (χ1n) is 7.24. The van der Waals surface area contributed by atoms with Crippen LogP contribution in [0.2, 0.25) is 0 Å². The lowest BCUT2D eigenvalue weighted by atomic mass is 10.0. The highest BCUT2D eigenvalue weighted by atomic mass is 16.5. The van der Waals surface area contributed by atoms with Gasteiger partial charge in [0, 0.05) is 12.6 Å². The molecule has 114 valence electrons. The third-order valence-corrected chi connectivity index (χ3v) is 3.22. The minimum Gasteiger partial charge on any atom is -0.493 e. The van der Waals surface area contributed by atoms with Crippen LogP contribution >= 0.6 is 0 Å². The quantitative estimate of drug-likeness (QED) is 0.681. The van der Waals surface area contributed by atoms with Gasteiger partial charge in [-0.2, -0.15) is 0 Å². The number of benzene rings is 1. The molecule has 0 amide bonds. The summed E-state index contributed by atoms with van der Waals surface area (Å²) in [7, 11) is 3.31. The van der Waals surface area contributed by atoms with Crippen molar-refractivity contribution < 1.29 is 9.47 Å². The minimum atomic E-state index is 0.236. The van der Waals surface area contributed by atoms with Crippen molar-refractivity contribution in [1.82, 2.24) is 5.32 Å². The summed E-state index contributed by atoms with van der Waals surface area (Å²) in [5.74, 6) is 2.20. The molecule has 1 aromatic carbocycles. The summed E-state index contributed by atoms with van der Waals surface area (Å²) in [6, 6.07) is 6.27. The first kappa shape index (κ1) is 16.8. The second kappa shape index (κ2) is 8.82. The average molecular weight is 280 g/mol. The molecule has 1 atom stereocenters. The highest BCUT2D eigenvalue weighted by Gasteiger charge is 2.06. The Morgan fingerprint density at radius 1 is 1.15 bits per heavy atom. The molecule has 1 unspecified atom stereocenters. The Morgan fingerprint density at radius 3 is 2.45 bits per heavy atom. The lowest BCUT2D eigenvalue weighted by Crippen LogP contribution is -2.35. The number of ether oxygens (including phenoxy) is 2. The summed E-state index contributed by atoms with van der Waals surface area (Å²) < 4.78 is 10.5. The van der Waals surface area contributed by atoms with E-state index in [9.17, 15) is 0 Å². The van der Waals surface area contributed by atoms with Crippen molar-refractivity contribution in [2.75, 3.05) is 27.3 Å².